The second-order valence-corrected chi connectivity index (χ2v) is 4.63. The van der Waals surface area contributed by atoms with Gasteiger partial charge in [-0.15, -0.1) is 12.4 Å². The van der Waals surface area contributed by atoms with Crippen LogP contribution < -0.4 is 16.4 Å². The number of amides is 2. The monoisotopic (exact) mass is 299 g/mol. The van der Waals surface area contributed by atoms with E-state index in [1.165, 1.54) is 0 Å². The summed E-state index contributed by atoms with van der Waals surface area (Å²) in [6.45, 7) is 4.58. The van der Waals surface area contributed by atoms with E-state index in [9.17, 15) is 9.59 Å². The van der Waals surface area contributed by atoms with E-state index in [0.29, 0.717) is 18.7 Å². The van der Waals surface area contributed by atoms with Crippen LogP contribution in [0.4, 0.5) is 0 Å². The second kappa shape index (κ2) is 9.34. The maximum absolute atomic E-state index is 11.8. The zero-order valence-corrected chi connectivity index (χ0v) is 12.6. The lowest BCUT2D eigenvalue weighted by atomic mass is 10.1. The summed E-state index contributed by atoms with van der Waals surface area (Å²) in [5, 5.41) is 5.48. The number of nitrogens with one attached hydrogen (secondary N) is 2. The summed E-state index contributed by atoms with van der Waals surface area (Å²) >= 11 is 0. The normalized spacial score (nSPS) is 9.80. The molecule has 0 aliphatic heterocycles. The summed E-state index contributed by atoms with van der Waals surface area (Å²) in [5.74, 6) is -0.241. The average molecular weight is 300 g/mol. The number of hydrogen-bond donors (Lipinski definition) is 3. The molecule has 5 nitrogen and oxygen atoms in total. The number of benzene rings is 1. The molecule has 0 bridgehead atoms. The van der Waals surface area contributed by atoms with Crippen LogP contribution in [0.1, 0.15) is 36.2 Å². The lowest BCUT2D eigenvalue weighted by molar-refractivity contribution is -0.121. The largest absolute Gasteiger partial charge is 0.354 e. The molecule has 4 N–H and O–H groups in total. The second-order valence-electron chi connectivity index (χ2n) is 4.63. The van der Waals surface area contributed by atoms with Crippen LogP contribution in [-0.4, -0.2) is 24.4 Å². The maximum Gasteiger partial charge on any atom is 0.251 e. The van der Waals surface area contributed by atoms with Crippen LogP contribution in [0.3, 0.4) is 0 Å². The van der Waals surface area contributed by atoms with Gasteiger partial charge in [0, 0.05) is 31.1 Å². The molecule has 0 aromatic heterocycles. The Morgan fingerprint density at radius 3 is 2.30 bits per heavy atom. The fourth-order valence-corrected chi connectivity index (χ4v) is 1.58. The van der Waals surface area contributed by atoms with Crippen molar-refractivity contribution in [1.82, 2.24) is 10.6 Å². The summed E-state index contributed by atoms with van der Waals surface area (Å²) in [6.07, 6.45) is 0.283. The van der Waals surface area contributed by atoms with Crippen molar-refractivity contribution in [3.05, 3.63) is 35.4 Å². The third-order valence-corrected chi connectivity index (χ3v) is 2.54. The number of carbonyl (C=O) groups excluding carboxylic acids is 2. The zero-order valence-electron chi connectivity index (χ0n) is 11.8. The standard InChI is InChI=1S/C14H21N3O2.ClH/c1-10(2)17-13(18)7-8-16-14(19)12-5-3-11(9-15)4-6-12;/h3-6,10H,7-9,15H2,1-2H3,(H,16,19)(H,17,18);1H. The first-order chi connectivity index (χ1) is 9.02. The molecule has 0 spiro atoms. The summed E-state index contributed by atoms with van der Waals surface area (Å²) in [7, 11) is 0. The Balaban J connectivity index is 0.00000361. The molecule has 0 unspecified atom stereocenters. The molecule has 20 heavy (non-hydrogen) atoms. The molecule has 0 atom stereocenters. The van der Waals surface area contributed by atoms with Gasteiger partial charge in [0.05, 0.1) is 0 Å². The van der Waals surface area contributed by atoms with Crippen LogP contribution in [0, 0.1) is 0 Å². The van der Waals surface area contributed by atoms with Crippen molar-refractivity contribution in [2.24, 2.45) is 5.73 Å². The number of nitrogens with two attached hydrogens (primary N) is 1. The molecular weight excluding hydrogens is 278 g/mol. The molecule has 1 aromatic rings. The summed E-state index contributed by atoms with van der Waals surface area (Å²) in [6, 6.07) is 7.21. The highest BCUT2D eigenvalue weighted by molar-refractivity contribution is 5.94. The van der Waals surface area contributed by atoms with E-state index in [1.54, 1.807) is 12.1 Å². The van der Waals surface area contributed by atoms with Gasteiger partial charge >= 0.3 is 0 Å². The van der Waals surface area contributed by atoms with Gasteiger partial charge in [0.15, 0.2) is 0 Å². The van der Waals surface area contributed by atoms with Crippen molar-refractivity contribution in [3.8, 4) is 0 Å². The molecule has 0 aliphatic carbocycles. The van der Waals surface area contributed by atoms with Crippen molar-refractivity contribution >= 4 is 24.2 Å². The highest BCUT2D eigenvalue weighted by atomic mass is 35.5. The lowest BCUT2D eigenvalue weighted by Crippen LogP contribution is -2.34. The van der Waals surface area contributed by atoms with Crippen LogP contribution in [0.2, 0.25) is 0 Å². The van der Waals surface area contributed by atoms with E-state index in [-0.39, 0.29) is 36.7 Å². The SMILES string of the molecule is CC(C)NC(=O)CCNC(=O)c1ccc(CN)cc1.Cl. The highest BCUT2D eigenvalue weighted by Gasteiger charge is 2.07. The molecule has 6 heteroatoms. The van der Waals surface area contributed by atoms with E-state index in [4.69, 9.17) is 5.73 Å². The number of halogens is 1. The van der Waals surface area contributed by atoms with E-state index in [0.717, 1.165) is 5.56 Å². The molecule has 0 saturated carbocycles. The van der Waals surface area contributed by atoms with Crippen molar-refractivity contribution < 1.29 is 9.59 Å². The van der Waals surface area contributed by atoms with Crippen molar-refractivity contribution in [2.75, 3.05) is 6.54 Å². The van der Waals surface area contributed by atoms with Gasteiger partial charge in [-0.1, -0.05) is 12.1 Å². The first kappa shape index (κ1) is 18.4. The van der Waals surface area contributed by atoms with Crippen LogP contribution in [0.15, 0.2) is 24.3 Å². The summed E-state index contributed by atoms with van der Waals surface area (Å²) in [5.41, 5.74) is 7.03. The molecule has 0 fully saturated rings. The van der Waals surface area contributed by atoms with Gasteiger partial charge in [-0.05, 0) is 31.5 Å². The van der Waals surface area contributed by atoms with Gasteiger partial charge in [-0.25, -0.2) is 0 Å². The van der Waals surface area contributed by atoms with E-state index >= 15 is 0 Å². The maximum atomic E-state index is 11.8. The average Bonchev–Trinajstić information content (AvgIpc) is 2.37. The molecule has 0 aliphatic rings. The Morgan fingerprint density at radius 2 is 1.80 bits per heavy atom. The van der Waals surface area contributed by atoms with Crippen LogP contribution >= 0.6 is 12.4 Å². The zero-order chi connectivity index (χ0) is 14.3. The fourth-order valence-electron chi connectivity index (χ4n) is 1.58. The molecule has 112 valence electrons. The molecule has 0 radical (unpaired) electrons. The number of carbonyl (C=O) groups is 2. The third kappa shape index (κ3) is 6.54. The van der Waals surface area contributed by atoms with Gasteiger partial charge < -0.3 is 16.4 Å². The molecular formula is C14H22ClN3O2. The molecule has 2 amide bonds. The van der Waals surface area contributed by atoms with Crippen molar-refractivity contribution in [1.29, 1.82) is 0 Å². The Bertz CT molecular complexity index is 433. The highest BCUT2D eigenvalue weighted by Crippen LogP contribution is 2.03. The van der Waals surface area contributed by atoms with Gasteiger partial charge in [0.1, 0.15) is 0 Å². The van der Waals surface area contributed by atoms with Crippen LogP contribution in [-0.2, 0) is 11.3 Å². The predicted molar refractivity (Wildman–Crippen MR) is 81.8 cm³/mol. The fraction of sp³-hybridized carbons (Fsp3) is 0.429. The number of rotatable bonds is 6. The van der Waals surface area contributed by atoms with Crippen LogP contribution in [0.5, 0.6) is 0 Å². The van der Waals surface area contributed by atoms with Gasteiger partial charge in [-0.3, -0.25) is 9.59 Å². The van der Waals surface area contributed by atoms with E-state index in [1.807, 2.05) is 26.0 Å². The molecule has 0 heterocycles. The quantitative estimate of drug-likeness (QED) is 0.738. The first-order valence-corrected chi connectivity index (χ1v) is 6.39. The van der Waals surface area contributed by atoms with E-state index < -0.39 is 0 Å². The first-order valence-electron chi connectivity index (χ1n) is 6.39. The summed E-state index contributed by atoms with van der Waals surface area (Å²) < 4.78 is 0. The Morgan fingerprint density at radius 1 is 1.20 bits per heavy atom. The van der Waals surface area contributed by atoms with Crippen LogP contribution in [0.25, 0.3) is 0 Å². The van der Waals surface area contributed by atoms with E-state index in [2.05, 4.69) is 10.6 Å². The predicted octanol–water partition coefficient (Wildman–Crippen LogP) is 1.21. The smallest absolute Gasteiger partial charge is 0.251 e. The third-order valence-electron chi connectivity index (χ3n) is 2.54. The Kier molecular flexibility index (Phi) is 8.59. The molecule has 1 aromatic carbocycles. The minimum atomic E-state index is -0.180. The number of hydrogen-bond acceptors (Lipinski definition) is 3. The van der Waals surface area contributed by atoms with Gasteiger partial charge in [0.2, 0.25) is 5.91 Å². The van der Waals surface area contributed by atoms with Gasteiger partial charge in [-0.2, -0.15) is 0 Å². The molecule has 0 saturated heterocycles. The minimum Gasteiger partial charge on any atom is -0.354 e. The lowest BCUT2D eigenvalue weighted by Gasteiger charge is -2.09. The molecule has 1 rings (SSSR count). The Hall–Kier alpha value is -1.59. The van der Waals surface area contributed by atoms with Crippen molar-refractivity contribution in [2.45, 2.75) is 32.9 Å². The van der Waals surface area contributed by atoms with Crippen molar-refractivity contribution in [3.63, 3.8) is 0 Å². The summed E-state index contributed by atoms with van der Waals surface area (Å²) in [4.78, 5) is 23.2. The topological polar surface area (TPSA) is 84.2 Å². The van der Waals surface area contributed by atoms with Gasteiger partial charge in [0.25, 0.3) is 5.91 Å². The minimum absolute atomic E-state index is 0. The Labute approximate surface area is 125 Å².